The van der Waals surface area contributed by atoms with E-state index in [2.05, 4.69) is 35.8 Å². The van der Waals surface area contributed by atoms with Gasteiger partial charge in [0.2, 0.25) is 0 Å². The molecule has 1 heterocycles. The Balaban J connectivity index is 1.53. The molecule has 3 amide bonds. The van der Waals surface area contributed by atoms with Crippen molar-refractivity contribution >= 4 is 23.7 Å². The molecule has 1 N–H and O–H groups in total. The van der Waals surface area contributed by atoms with E-state index in [1.807, 2.05) is 72.6 Å². The van der Waals surface area contributed by atoms with Crippen LogP contribution in [0.25, 0.3) is 0 Å². The van der Waals surface area contributed by atoms with Crippen LogP contribution in [-0.2, 0) is 24.2 Å². The average Bonchev–Trinajstić information content (AvgIpc) is 3.04. The number of hydrogen-bond donors (Lipinski definition) is 1. The Labute approximate surface area is 199 Å². The third-order valence-corrected chi connectivity index (χ3v) is 6.68. The molecule has 3 aromatic carbocycles. The van der Waals surface area contributed by atoms with Crippen LogP contribution in [0.5, 0.6) is 0 Å². The standard InChI is InChI=1S/C27H29N3O2S/c1-29(19-23-13-15-24(33-2)16-14-23)20-30-25(31)27(28-26(30)32,17-21-9-5-3-6-10-21)18-22-11-7-4-8-12-22/h3-16H,17-20H2,1-2H3,(H,28,32). The van der Waals surface area contributed by atoms with Gasteiger partial charge < -0.3 is 5.32 Å². The minimum Gasteiger partial charge on any atom is -0.322 e. The Morgan fingerprint density at radius 1 is 0.818 bits per heavy atom. The van der Waals surface area contributed by atoms with E-state index in [0.717, 1.165) is 16.7 Å². The molecule has 4 rings (SSSR count). The fraction of sp³-hybridized carbons (Fsp3) is 0.259. The zero-order valence-corrected chi connectivity index (χ0v) is 19.8. The van der Waals surface area contributed by atoms with Crippen LogP contribution in [0.2, 0.25) is 0 Å². The maximum Gasteiger partial charge on any atom is 0.326 e. The van der Waals surface area contributed by atoms with Crippen LogP contribution in [0.1, 0.15) is 16.7 Å². The number of imide groups is 1. The Morgan fingerprint density at radius 2 is 1.36 bits per heavy atom. The molecule has 0 bridgehead atoms. The van der Waals surface area contributed by atoms with Gasteiger partial charge in [-0.15, -0.1) is 11.8 Å². The van der Waals surface area contributed by atoms with Crippen LogP contribution in [-0.4, -0.2) is 47.2 Å². The molecule has 0 aromatic heterocycles. The predicted molar refractivity (Wildman–Crippen MR) is 133 cm³/mol. The van der Waals surface area contributed by atoms with Crippen LogP contribution in [0, 0.1) is 0 Å². The fourth-order valence-corrected chi connectivity index (χ4v) is 4.74. The SMILES string of the molecule is CSc1ccc(CN(C)CN2C(=O)NC(Cc3ccccc3)(Cc3ccccc3)C2=O)cc1. The van der Waals surface area contributed by atoms with Gasteiger partial charge in [-0.05, 0) is 42.1 Å². The first-order chi connectivity index (χ1) is 16.0. The highest BCUT2D eigenvalue weighted by Crippen LogP contribution is 2.27. The molecule has 0 spiro atoms. The number of nitrogens with zero attached hydrogens (tertiary/aromatic N) is 2. The summed E-state index contributed by atoms with van der Waals surface area (Å²) in [4.78, 5) is 31.3. The van der Waals surface area contributed by atoms with Gasteiger partial charge in [-0.2, -0.15) is 0 Å². The highest BCUT2D eigenvalue weighted by Gasteiger charge is 2.51. The van der Waals surface area contributed by atoms with E-state index in [-0.39, 0.29) is 18.6 Å². The Bertz CT molecular complexity index is 1050. The summed E-state index contributed by atoms with van der Waals surface area (Å²) in [5.74, 6) is -0.176. The van der Waals surface area contributed by atoms with Gasteiger partial charge in [0.25, 0.3) is 5.91 Å². The number of thioether (sulfide) groups is 1. The second-order valence-electron chi connectivity index (χ2n) is 8.57. The molecule has 5 nitrogen and oxygen atoms in total. The average molecular weight is 460 g/mol. The molecule has 1 saturated heterocycles. The number of benzene rings is 3. The lowest BCUT2D eigenvalue weighted by Gasteiger charge is -2.28. The van der Waals surface area contributed by atoms with Crippen molar-refractivity contribution < 1.29 is 9.59 Å². The van der Waals surface area contributed by atoms with Crippen LogP contribution >= 0.6 is 11.8 Å². The van der Waals surface area contributed by atoms with Crippen molar-refractivity contribution in [1.82, 2.24) is 15.1 Å². The third-order valence-electron chi connectivity index (χ3n) is 5.94. The number of urea groups is 1. The van der Waals surface area contributed by atoms with E-state index in [1.165, 1.54) is 9.80 Å². The molecule has 170 valence electrons. The molecule has 0 radical (unpaired) electrons. The van der Waals surface area contributed by atoms with Gasteiger partial charge in [0.15, 0.2) is 0 Å². The predicted octanol–water partition coefficient (Wildman–Crippen LogP) is 4.57. The van der Waals surface area contributed by atoms with E-state index in [0.29, 0.717) is 19.4 Å². The van der Waals surface area contributed by atoms with Gasteiger partial charge in [-0.1, -0.05) is 72.8 Å². The summed E-state index contributed by atoms with van der Waals surface area (Å²) in [6.45, 7) is 0.885. The highest BCUT2D eigenvalue weighted by molar-refractivity contribution is 7.98. The fourth-order valence-electron chi connectivity index (χ4n) is 4.33. The van der Waals surface area contributed by atoms with Gasteiger partial charge in [0, 0.05) is 24.3 Å². The van der Waals surface area contributed by atoms with Gasteiger partial charge in [-0.25, -0.2) is 9.69 Å². The van der Waals surface area contributed by atoms with Crippen molar-refractivity contribution in [3.8, 4) is 0 Å². The number of nitrogens with one attached hydrogen (secondary N) is 1. The molecule has 6 heteroatoms. The molecule has 0 unspecified atom stereocenters. The van der Waals surface area contributed by atoms with E-state index >= 15 is 0 Å². The van der Waals surface area contributed by atoms with Gasteiger partial charge >= 0.3 is 6.03 Å². The van der Waals surface area contributed by atoms with Crippen LogP contribution in [0.4, 0.5) is 4.79 Å². The minimum atomic E-state index is -0.999. The Morgan fingerprint density at radius 3 is 1.88 bits per heavy atom. The number of amides is 3. The summed E-state index contributed by atoms with van der Waals surface area (Å²) in [6, 6.07) is 27.8. The van der Waals surface area contributed by atoms with E-state index in [1.54, 1.807) is 11.8 Å². The summed E-state index contributed by atoms with van der Waals surface area (Å²) in [5.41, 5.74) is 2.18. The topological polar surface area (TPSA) is 52.6 Å². The zero-order chi connectivity index (χ0) is 23.3. The van der Waals surface area contributed by atoms with E-state index in [9.17, 15) is 9.59 Å². The maximum atomic E-state index is 13.7. The van der Waals surface area contributed by atoms with Crippen LogP contribution < -0.4 is 5.32 Å². The molecule has 1 fully saturated rings. The second-order valence-corrected chi connectivity index (χ2v) is 9.45. The number of hydrogen-bond acceptors (Lipinski definition) is 4. The number of rotatable bonds is 9. The monoisotopic (exact) mass is 459 g/mol. The summed E-state index contributed by atoms with van der Waals surface area (Å²) >= 11 is 1.70. The molecular weight excluding hydrogens is 430 g/mol. The first kappa shape index (κ1) is 23.1. The minimum absolute atomic E-state index is 0.176. The third kappa shape index (κ3) is 5.46. The second kappa shape index (κ2) is 10.2. The molecule has 0 atom stereocenters. The molecule has 3 aromatic rings. The maximum absolute atomic E-state index is 13.7. The number of carbonyl (C=O) groups excluding carboxylic acids is 2. The summed E-state index contributed by atoms with van der Waals surface area (Å²) in [7, 11) is 1.93. The molecular formula is C27H29N3O2S. The molecule has 1 aliphatic heterocycles. The van der Waals surface area contributed by atoms with Gasteiger partial charge in [0.05, 0.1) is 6.67 Å². The largest absolute Gasteiger partial charge is 0.326 e. The van der Waals surface area contributed by atoms with Crippen molar-refractivity contribution in [1.29, 1.82) is 0 Å². The lowest BCUT2D eigenvalue weighted by atomic mass is 9.84. The van der Waals surface area contributed by atoms with Crippen LogP contribution in [0.15, 0.2) is 89.8 Å². The summed E-state index contributed by atoms with van der Waals surface area (Å²) in [5, 5.41) is 3.06. The highest BCUT2D eigenvalue weighted by atomic mass is 32.2. The smallest absolute Gasteiger partial charge is 0.322 e. The van der Waals surface area contributed by atoms with Crippen molar-refractivity contribution in [2.75, 3.05) is 20.0 Å². The first-order valence-corrected chi connectivity index (χ1v) is 12.2. The van der Waals surface area contributed by atoms with E-state index in [4.69, 9.17) is 0 Å². The van der Waals surface area contributed by atoms with Crippen molar-refractivity contribution in [3.63, 3.8) is 0 Å². The molecule has 33 heavy (non-hydrogen) atoms. The molecule has 0 aliphatic carbocycles. The summed E-state index contributed by atoms with van der Waals surface area (Å²) in [6.07, 6.45) is 2.95. The lowest BCUT2D eigenvalue weighted by molar-refractivity contribution is -0.132. The Kier molecular flexibility index (Phi) is 7.16. The molecule has 0 saturated carbocycles. The van der Waals surface area contributed by atoms with Crippen molar-refractivity contribution in [2.24, 2.45) is 0 Å². The number of carbonyl (C=O) groups is 2. The summed E-state index contributed by atoms with van der Waals surface area (Å²) < 4.78 is 0. The van der Waals surface area contributed by atoms with E-state index < -0.39 is 5.54 Å². The van der Waals surface area contributed by atoms with Crippen molar-refractivity contribution in [2.45, 2.75) is 29.8 Å². The van der Waals surface area contributed by atoms with Crippen molar-refractivity contribution in [3.05, 3.63) is 102 Å². The Hall–Kier alpha value is -3.09. The van der Waals surface area contributed by atoms with Gasteiger partial charge in [0.1, 0.15) is 5.54 Å². The quantitative estimate of drug-likeness (QED) is 0.376. The lowest BCUT2D eigenvalue weighted by Crippen LogP contribution is -2.51. The molecule has 1 aliphatic rings. The normalized spacial score (nSPS) is 15.2. The van der Waals surface area contributed by atoms with Crippen LogP contribution in [0.3, 0.4) is 0 Å². The zero-order valence-electron chi connectivity index (χ0n) is 19.0. The van der Waals surface area contributed by atoms with Gasteiger partial charge in [-0.3, -0.25) is 9.69 Å². The first-order valence-electron chi connectivity index (χ1n) is 11.0.